The van der Waals surface area contributed by atoms with Gasteiger partial charge in [0, 0.05) is 25.3 Å². The second kappa shape index (κ2) is 6.16. The highest BCUT2D eigenvalue weighted by atomic mass is 79.9. The van der Waals surface area contributed by atoms with E-state index in [2.05, 4.69) is 25.9 Å². The van der Waals surface area contributed by atoms with Crippen molar-refractivity contribution in [3.05, 3.63) is 27.5 Å². The number of ether oxygens (including phenoxy) is 1. The van der Waals surface area contributed by atoms with Crippen molar-refractivity contribution in [2.45, 2.75) is 19.4 Å². The Morgan fingerprint density at radius 3 is 2.91 bits per heavy atom. The van der Waals surface area contributed by atoms with Crippen LogP contribution in [0.25, 0.3) is 10.9 Å². The summed E-state index contributed by atoms with van der Waals surface area (Å²) in [6.45, 7) is 2.17. The van der Waals surface area contributed by atoms with Crippen LogP contribution in [0, 0.1) is 11.9 Å². The van der Waals surface area contributed by atoms with E-state index in [1.54, 1.807) is 4.90 Å². The first-order chi connectivity index (χ1) is 10.9. The van der Waals surface area contributed by atoms with E-state index in [0.717, 1.165) is 0 Å². The molecule has 2 heterocycles. The van der Waals surface area contributed by atoms with Crippen LogP contribution >= 0.6 is 27.5 Å². The molecule has 0 aliphatic carbocycles. The van der Waals surface area contributed by atoms with Gasteiger partial charge < -0.3 is 9.64 Å². The average Bonchev–Trinajstić information content (AvgIpc) is 2.93. The third-order valence-electron chi connectivity index (χ3n) is 3.56. The Morgan fingerprint density at radius 2 is 2.22 bits per heavy atom. The molecule has 1 aliphatic rings. The summed E-state index contributed by atoms with van der Waals surface area (Å²) in [6.07, 6.45) is -0.757. The van der Waals surface area contributed by atoms with Crippen LogP contribution in [0.2, 0.25) is 5.02 Å². The van der Waals surface area contributed by atoms with E-state index in [9.17, 15) is 13.6 Å². The van der Waals surface area contributed by atoms with Crippen molar-refractivity contribution >= 4 is 50.2 Å². The molecule has 1 atom stereocenters. The topological polar surface area (TPSA) is 55.3 Å². The minimum Gasteiger partial charge on any atom is -0.461 e. The first kappa shape index (κ1) is 16.3. The van der Waals surface area contributed by atoms with Crippen LogP contribution in [-0.2, 0) is 9.53 Å². The summed E-state index contributed by atoms with van der Waals surface area (Å²) in [7, 11) is 0. The first-order valence-electron chi connectivity index (χ1n) is 6.79. The fraction of sp³-hybridized carbons (Fsp3) is 0.357. The number of fused-ring (bicyclic) bond motifs is 1. The smallest absolute Gasteiger partial charge is 0.311 e. The SMILES string of the molecule is CC(=O)O[C@H]1CCN(c2nc(F)nc3c(F)c(Br)c(Cl)cc23)C1. The van der Waals surface area contributed by atoms with E-state index in [4.69, 9.17) is 16.3 Å². The zero-order valence-corrected chi connectivity index (χ0v) is 14.3. The normalized spacial score (nSPS) is 17.8. The molecule has 0 unspecified atom stereocenters. The van der Waals surface area contributed by atoms with Gasteiger partial charge in [-0.3, -0.25) is 4.79 Å². The Balaban J connectivity index is 2.06. The van der Waals surface area contributed by atoms with Crippen molar-refractivity contribution in [1.29, 1.82) is 0 Å². The number of nitrogens with zero attached hydrogens (tertiary/aromatic N) is 3. The average molecular weight is 407 g/mol. The molecule has 5 nitrogen and oxygen atoms in total. The van der Waals surface area contributed by atoms with E-state index in [1.165, 1.54) is 13.0 Å². The molecule has 1 saturated heterocycles. The van der Waals surface area contributed by atoms with E-state index < -0.39 is 11.9 Å². The summed E-state index contributed by atoms with van der Waals surface area (Å²) >= 11 is 8.99. The number of aromatic nitrogens is 2. The maximum absolute atomic E-state index is 14.3. The molecule has 9 heteroatoms. The Morgan fingerprint density at radius 1 is 1.48 bits per heavy atom. The lowest BCUT2D eigenvalue weighted by molar-refractivity contribution is -0.145. The lowest BCUT2D eigenvalue weighted by atomic mass is 10.2. The van der Waals surface area contributed by atoms with Gasteiger partial charge in [-0.25, -0.2) is 4.39 Å². The number of hydrogen-bond donors (Lipinski definition) is 0. The molecule has 0 saturated carbocycles. The monoisotopic (exact) mass is 405 g/mol. The van der Waals surface area contributed by atoms with Gasteiger partial charge in [0.2, 0.25) is 0 Å². The second-order valence-electron chi connectivity index (χ2n) is 5.16. The molecule has 0 amide bonds. The number of hydrogen-bond acceptors (Lipinski definition) is 5. The Labute approximate surface area is 143 Å². The summed E-state index contributed by atoms with van der Waals surface area (Å²) in [5, 5.41) is 0.447. The summed E-state index contributed by atoms with van der Waals surface area (Å²) in [4.78, 5) is 20.1. The number of benzene rings is 1. The van der Waals surface area contributed by atoms with Crippen LogP contribution in [-0.4, -0.2) is 35.1 Å². The largest absolute Gasteiger partial charge is 0.461 e. The highest BCUT2D eigenvalue weighted by Gasteiger charge is 2.28. The van der Waals surface area contributed by atoms with Crippen molar-refractivity contribution in [3.8, 4) is 0 Å². The summed E-state index contributed by atoms with van der Waals surface area (Å²) in [6, 6.07) is 1.48. The molecule has 1 aromatic carbocycles. The van der Waals surface area contributed by atoms with Gasteiger partial charge in [0.25, 0.3) is 0 Å². The van der Waals surface area contributed by atoms with Crippen LogP contribution in [0.5, 0.6) is 0 Å². The number of rotatable bonds is 2. The number of carbonyl (C=O) groups is 1. The predicted molar refractivity (Wildman–Crippen MR) is 84.5 cm³/mol. The van der Waals surface area contributed by atoms with E-state index in [-0.39, 0.29) is 32.9 Å². The summed E-state index contributed by atoms with van der Waals surface area (Å²) in [5.41, 5.74) is -0.153. The number of anilines is 1. The molecule has 0 bridgehead atoms. The van der Waals surface area contributed by atoms with Gasteiger partial charge in [-0.15, -0.1) is 0 Å². The molecule has 2 aromatic rings. The Hall–Kier alpha value is -1.54. The lowest BCUT2D eigenvalue weighted by Crippen LogP contribution is -2.25. The fourth-order valence-corrected chi connectivity index (χ4v) is 3.12. The van der Waals surface area contributed by atoms with Crippen LogP contribution in [0.3, 0.4) is 0 Å². The Kier molecular flexibility index (Phi) is 4.37. The lowest BCUT2D eigenvalue weighted by Gasteiger charge is -2.19. The number of halogens is 4. The van der Waals surface area contributed by atoms with E-state index >= 15 is 0 Å². The van der Waals surface area contributed by atoms with Crippen LogP contribution in [0.4, 0.5) is 14.6 Å². The van der Waals surface area contributed by atoms with Crippen molar-refractivity contribution in [3.63, 3.8) is 0 Å². The van der Waals surface area contributed by atoms with Gasteiger partial charge in [0.1, 0.15) is 17.4 Å². The van der Waals surface area contributed by atoms with Crippen LogP contribution in [0.15, 0.2) is 10.5 Å². The molecule has 122 valence electrons. The molecule has 1 aromatic heterocycles. The molecule has 0 spiro atoms. The first-order valence-corrected chi connectivity index (χ1v) is 7.97. The number of carbonyl (C=O) groups excluding carboxylic acids is 1. The third-order valence-corrected chi connectivity index (χ3v) is 4.86. The molecule has 0 N–H and O–H groups in total. The number of esters is 1. The van der Waals surface area contributed by atoms with Crippen molar-refractivity contribution in [1.82, 2.24) is 9.97 Å². The molecular weight excluding hydrogens is 396 g/mol. The van der Waals surface area contributed by atoms with Crippen LogP contribution in [0.1, 0.15) is 13.3 Å². The summed E-state index contributed by atoms with van der Waals surface area (Å²) < 4.78 is 33.2. The maximum Gasteiger partial charge on any atom is 0.311 e. The van der Waals surface area contributed by atoms with Gasteiger partial charge in [-0.1, -0.05) is 11.6 Å². The van der Waals surface area contributed by atoms with E-state index in [0.29, 0.717) is 24.9 Å². The maximum atomic E-state index is 14.3. The second-order valence-corrected chi connectivity index (χ2v) is 6.37. The van der Waals surface area contributed by atoms with Gasteiger partial charge in [0.05, 0.1) is 16.0 Å². The minimum absolute atomic E-state index is 0.0231. The molecule has 1 aliphatic heterocycles. The van der Waals surface area contributed by atoms with Crippen molar-refractivity contribution < 1.29 is 18.3 Å². The minimum atomic E-state index is -1.03. The highest BCUT2D eigenvalue weighted by molar-refractivity contribution is 9.10. The molecule has 1 fully saturated rings. The van der Waals surface area contributed by atoms with Gasteiger partial charge >= 0.3 is 12.0 Å². The Bertz CT molecular complexity index is 805. The highest BCUT2D eigenvalue weighted by Crippen LogP contribution is 2.36. The van der Waals surface area contributed by atoms with Crippen molar-refractivity contribution in [2.75, 3.05) is 18.0 Å². The quantitative estimate of drug-likeness (QED) is 0.434. The van der Waals surface area contributed by atoms with Gasteiger partial charge in [-0.2, -0.15) is 14.4 Å². The zero-order chi connectivity index (χ0) is 16.7. The molecule has 3 rings (SSSR count). The standard InChI is InChI=1S/C14H11BrClF2N3O2/c1-6(22)23-7-2-3-21(5-7)13-8-4-9(16)10(15)11(17)12(8)19-14(18)20-13/h4,7H,2-3,5H2,1H3/t7-/m0/s1. The molecule has 0 radical (unpaired) electrons. The third kappa shape index (κ3) is 3.10. The fourth-order valence-electron chi connectivity index (χ4n) is 2.62. The van der Waals surface area contributed by atoms with Gasteiger partial charge in [0.15, 0.2) is 5.82 Å². The van der Waals surface area contributed by atoms with Gasteiger partial charge in [-0.05, 0) is 22.0 Å². The van der Waals surface area contributed by atoms with Crippen LogP contribution < -0.4 is 4.90 Å². The van der Waals surface area contributed by atoms with Crippen molar-refractivity contribution in [2.24, 2.45) is 0 Å². The predicted octanol–water partition coefficient (Wildman–Crippen LogP) is 3.47. The molecular formula is C14H11BrClF2N3O2. The molecule has 23 heavy (non-hydrogen) atoms. The summed E-state index contributed by atoms with van der Waals surface area (Å²) in [5.74, 6) is -0.894. The zero-order valence-electron chi connectivity index (χ0n) is 11.9. The van der Waals surface area contributed by atoms with E-state index in [1.807, 2.05) is 0 Å².